The quantitative estimate of drug-likeness (QED) is 0.357. The minimum Gasteiger partial charge on any atom is -0.489 e. The predicted octanol–water partition coefficient (Wildman–Crippen LogP) is 2.66. The van der Waals surface area contributed by atoms with Gasteiger partial charge in [-0.2, -0.15) is 10.2 Å². The lowest BCUT2D eigenvalue weighted by atomic mass is 10.2. The second-order valence-corrected chi connectivity index (χ2v) is 5.90. The van der Waals surface area contributed by atoms with Crippen LogP contribution in [0, 0.1) is 15.9 Å². The van der Waals surface area contributed by atoms with Crippen molar-refractivity contribution >= 4 is 17.8 Å². The van der Waals surface area contributed by atoms with Gasteiger partial charge in [0.2, 0.25) is 0 Å². The van der Waals surface area contributed by atoms with Crippen molar-refractivity contribution in [2.24, 2.45) is 5.10 Å². The van der Waals surface area contributed by atoms with Crippen LogP contribution in [-0.2, 0) is 17.9 Å². The molecule has 0 bridgehead atoms. The van der Waals surface area contributed by atoms with Crippen LogP contribution in [0.4, 0.5) is 10.1 Å². The molecule has 0 atom stereocenters. The summed E-state index contributed by atoms with van der Waals surface area (Å²) in [6.45, 7) is -0.128. The van der Waals surface area contributed by atoms with E-state index in [1.165, 1.54) is 12.3 Å². The molecule has 0 unspecified atom stereocenters. The van der Waals surface area contributed by atoms with Crippen molar-refractivity contribution in [3.63, 3.8) is 0 Å². The third-order valence-corrected chi connectivity index (χ3v) is 3.75. The Morgan fingerprint density at radius 3 is 2.90 bits per heavy atom. The van der Waals surface area contributed by atoms with Crippen LogP contribution in [0.15, 0.2) is 66.0 Å². The number of nitrogens with one attached hydrogen (secondary N) is 1. The maximum atomic E-state index is 13.6. The second kappa shape index (κ2) is 9.22. The fourth-order valence-corrected chi connectivity index (χ4v) is 2.36. The van der Waals surface area contributed by atoms with Crippen LogP contribution in [0.25, 0.3) is 0 Å². The van der Waals surface area contributed by atoms with Crippen LogP contribution >= 0.6 is 0 Å². The molecule has 1 amide bonds. The van der Waals surface area contributed by atoms with E-state index in [4.69, 9.17) is 4.74 Å². The second-order valence-electron chi connectivity index (χ2n) is 5.90. The molecular weight excluding hydrogens is 381 g/mol. The lowest BCUT2D eigenvalue weighted by Gasteiger charge is -2.07. The van der Waals surface area contributed by atoms with Crippen molar-refractivity contribution in [1.29, 1.82) is 0 Å². The first kappa shape index (κ1) is 19.7. The largest absolute Gasteiger partial charge is 0.489 e. The first-order chi connectivity index (χ1) is 14.0. The SMILES string of the molecule is O=C(Cn1cc([N+](=O)[O-])cn1)NN=Cc1cccc(OCc2ccccc2F)c1. The molecule has 1 N–H and O–H groups in total. The number of hydrazone groups is 1. The summed E-state index contributed by atoms with van der Waals surface area (Å²) in [5.74, 6) is -0.311. The van der Waals surface area contributed by atoms with E-state index in [0.717, 1.165) is 17.1 Å². The first-order valence-corrected chi connectivity index (χ1v) is 8.46. The molecule has 3 rings (SSSR count). The summed E-state index contributed by atoms with van der Waals surface area (Å²) in [6, 6.07) is 13.3. The topological polar surface area (TPSA) is 112 Å². The third kappa shape index (κ3) is 5.70. The average molecular weight is 397 g/mol. The molecule has 1 heterocycles. The molecule has 1 aromatic heterocycles. The zero-order chi connectivity index (χ0) is 20.6. The Labute approximate surface area is 164 Å². The summed E-state index contributed by atoms with van der Waals surface area (Å²) >= 11 is 0. The molecule has 29 heavy (non-hydrogen) atoms. The fourth-order valence-electron chi connectivity index (χ4n) is 2.36. The zero-order valence-electron chi connectivity index (χ0n) is 15.1. The van der Waals surface area contributed by atoms with E-state index < -0.39 is 10.8 Å². The number of nitrogens with zero attached hydrogens (tertiary/aromatic N) is 4. The maximum absolute atomic E-state index is 13.6. The van der Waals surface area contributed by atoms with E-state index in [2.05, 4.69) is 15.6 Å². The number of carbonyl (C=O) groups is 1. The van der Waals surface area contributed by atoms with Crippen LogP contribution in [0.1, 0.15) is 11.1 Å². The molecule has 0 saturated heterocycles. The van der Waals surface area contributed by atoms with E-state index in [1.54, 1.807) is 42.5 Å². The number of hydrogen-bond donors (Lipinski definition) is 1. The molecule has 0 spiro atoms. The van der Waals surface area contributed by atoms with Crippen molar-refractivity contribution in [2.45, 2.75) is 13.2 Å². The molecule has 0 fully saturated rings. The normalized spacial score (nSPS) is 10.8. The van der Waals surface area contributed by atoms with Crippen molar-refractivity contribution in [3.8, 4) is 5.75 Å². The number of nitro groups is 1. The number of carbonyl (C=O) groups excluding carboxylic acids is 1. The molecule has 0 aliphatic rings. The highest BCUT2D eigenvalue weighted by molar-refractivity contribution is 5.82. The van der Waals surface area contributed by atoms with Crippen LogP contribution in [0.2, 0.25) is 0 Å². The summed E-state index contributed by atoms with van der Waals surface area (Å²) in [4.78, 5) is 21.8. The maximum Gasteiger partial charge on any atom is 0.307 e. The molecule has 9 nitrogen and oxygen atoms in total. The van der Waals surface area contributed by atoms with Gasteiger partial charge in [-0.15, -0.1) is 0 Å². The zero-order valence-corrected chi connectivity index (χ0v) is 15.1. The van der Waals surface area contributed by atoms with Gasteiger partial charge in [-0.25, -0.2) is 9.82 Å². The summed E-state index contributed by atoms with van der Waals surface area (Å²) < 4.78 is 20.4. The average Bonchev–Trinajstić information content (AvgIpc) is 3.16. The van der Waals surface area contributed by atoms with Gasteiger partial charge >= 0.3 is 5.69 Å². The lowest BCUT2D eigenvalue weighted by molar-refractivity contribution is -0.385. The minimum atomic E-state index is -0.596. The lowest BCUT2D eigenvalue weighted by Crippen LogP contribution is -2.23. The van der Waals surface area contributed by atoms with E-state index >= 15 is 0 Å². The number of aromatic nitrogens is 2. The van der Waals surface area contributed by atoms with Crippen molar-refractivity contribution < 1.29 is 18.8 Å². The number of halogens is 1. The molecule has 0 aliphatic heterocycles. The van der Waals surface area contributed by atoms with Gasteiger partial charge in [0, 0.05) is 5.56 Å². The van der Waals surface area contributed by atoms with Crippen LogP contribution < -0.4 is 10.2 Å². The van der Waals surface area contributed by atoms with E-state index in [9.17, 15) is 19.3 Å². The smallest absolute Gasteiger partial charge is 0.307 e. The highest BCUT2D eigenvalue weighted by atomic mass is 19.1. The van der Waals surface area contributed by atoms with Crippen molar-refractivity contribution in [3.05, 3.63) is 88.0 Å². The Morgan fingerprint density at radius 2 is 2.14 bits per heavy atom. The molecule has 0 aliphatic carbocycles. The highest BCUT2D eigenvalue weighted by Crippen LogP contribution is 2.15. The Morgan fingerprint density at radius 1 is 1.31 bits per heavy atom. The number of amides is 1. The summed E-state index contributed by atoms with van der Waals surface area (Å²) in [5, 5.41) is 18.2. The van der Waals surface area contributed by atoms with E-state index in [0.29, 0.717) is 16.9 Å². The number of ether oxygens (including phenoxy) is 1. The third-order valence-electron chi connectivity index (χ3n) is 3.75. The Bertz CT molecular complexity index is 1050. The van der Waals surface area contributed by atoms with Gasteiger partial charge in [-0.05, 0) is 23.8 Å². The molecule has 148 valence electrons. The van der Waals surface area contributed by atoms with Gasteiger partial charge in [0.1, 0.15) is 37.1 Å². The molecule has 10 heteroatoms. The molecule has 0 radical (unpaired) electrons. The van der Waals surface area contributed by atoms with Gasteiger partial charge in [0.15, 0.2) is 0 Å². The Hall–Kier alpha value is -4.08. The highest BCUT2D eigenvalue weighted by Gasteiger charge is 2.10. The summed E-state index contributed by atoms with van der Waals surface area (Å²) in [7, 11) is 0. The molecule has 0 saturated carbocycles. The fraction of sp³-hybridized carbons (Fsp3) is 0.105. The van der Waals surface area contributed by atoms with Crippen molar-refractivity contribution in [2.75, 3.05) is 0 Å². The monoisotopic (exact) mass is 397 g/mol. The van der Waals surface area contributed by atoms with Crippen LogP contribution in [0.3, 0.4) is 0 Å². The molecular formula is C19H16FN5O4. The predicted molar refractivity (Wildman–Crippen MR) is 102 cm³/mol. The van der Waals surface area contributed by atoms with Gasteiger partial charge in [0.25, 0.3) is 5.91 Å². The number of hydrogen-bond acceptors (Lipinski definition) is 6. The minimum absolute atomic E-state index is 0.0833. The Balaban J connectivity index is 1.52. The van der Waals surface area contributed by atoms with Gasteiger partial charge in [-0.3, -0.25) is 19.6 Å². The van der Waals surface area contributed by atoms with Crippen molar-refractivity contribution in [1.82, 2.24) is 15.2 Å². The van der Waals surface area contributed by atoms with Crippen LogP contribution in [-0.4, -0.2) is 26.8 Å². The molecule has 3 aromatic rings. The van der Waals surface area contributed by atoms with Gasteiger partial charge in [0.05, 0.1) is 11.1 Å². The van der Waals surface area contributed by atoms with Gasteiger partial charge < -0.3 is 4.74 Å². The van der Waals surface area contributed by atoms with Gasteiger partial charge in [-0.1, -0.05) is 30.3 Å². The van der Waals surface area contributed by atoms with Crippen LogP contribution in [0.5, 0.6) is 5.75 Å². The number of benzene rings is 2. The standard InChI is InChI=1S/C19H16FN5O4/c20-18-7-2-1-5-15(18)13-29-17-6-3-4-14(8-17)9-21-23-19(26)12-24-11-16(10-22-24)25(27)28/h1-11H,12-13H2,(H,23,26). The molecule has 2 aromatic carbocycles. The van der Waals surface area contributed by atoms with E-state index in [-0.39, 0.29) is 24.7 Å². The Kier molecular flexibility index (Phi) is 6.25. The number of rotatable bonds is 8. The summed E-state index contributed by atoms with van der Waals surface area (Å²) in [6.07, 6.45) is 3.63. The first-order valence-electron chi connectivity index (χ1n) is 8.46. The summed E-state index contributed by atoms with van der Waals surface area (Å²) in [5.41, 5.74) is 3.21. The van der Waals surface area contributed by atoms with E-state index in [1.807, 2.05) is 0 Å².